The summed E-state index contributed by atoms with van der Waals surface area (Å²) in [4.78, 5) is 0. The van der Waals surface area contributed by atoms with Crippen molar-refractivity contribution < 1.29 is 0 Å². The molecular formula is C11H14S2. The van der Waals surface area contributed by atoms with Crippen LogP contribution in [-0.2, 0) is 5.75 Å². The van der Waals surface area contributed by atoms with Crippen LogP contribution in [0.2, 0.25) is 0 Å². The molecule has 1 aliphatic heterocycles. The third kappa shape index (κ3) is 3.28. The lowest BCUT2D eigenvalue weighted by molar-refractivity contribution is 1.26. The van der Waals surface area contributed by atoms with E-state index in [-0.39, 0.29) is 0 Å². The van der Waals surface area contributed by atoms with E-state index in [1.165, 1.54) is 28.4 Å². The zero-order chi connectivity index (χ0) is 9.10. The second-order valence-corrected chi connectivity index (χ2v) is 5.82. The Balaban J connectivity index is 1.76. The molecule has 70 valence electrons. The second-order valence-electron chi connectivity index (χ2n) is 3.46. The van der Waals surface area contributed by atoms with Gasteiger partial charge in [0.2, 0.25) is 0 Å². The largest absolute Gasteiger partial charge is 0.156 e. The van der Waals surface area contributed by atoms with Gasteiger partial charge in [-0.05, 0) is 12.5 Å². The monoisotopic (exact) mass is 210 g/mol. The zero-order valence-electron chi connectivity index (χ0n) is 7.82. The molecule has 0 saturated carbocycles. The van der Waals surface area contributed by atoms with Gasteiger partial charge in [0.15, 0.2) is 0 Å². The van der Waals surface area contributed by atoms with Crippen molar-refractivity contribution in [2.75, 3.05) is 11.5 Å². The van der Waals surface area contributed by atoms with Crippen LogP contribution in [0.4, 0.5) is 0 Å². The smallest absolute Gasteiger partial charge is 0.0229 e. The molecule has 1 heterocycles. The maximum Gasteiger partial charge on any atom is 0.0229 e. The Kier molecular flexibility index (Phi) is 3.23. The van der Waals surface area contributed by atoms with Gasteiger partial charge in [0.25, 0.3) is 0 Å². The predicted octanol–water partition coefficient (Wildman–Crippen LogP) is 3.34. The predicted molar refractivity (Wildman–Crippen MR) is 63.6 cm³/mol. The minimum Gasteiger partial charge on any atom is -0.156 e. The molecule has 0 nitrogen and oxygen atoms in total. The molecule has 2 rings (SSSR count). The third-order valence-corrected chi connectivity index (χ3v) is 4.45. The zero-order valence-corrected chi connectivity index (χ0v) is 9.46. The lowest BCUT2D eigenvalue weighted by Gasteiger charge is -2.00. The molecule has 1 aliphatic rings. The van der Waals surface area contributed by atoms with Gasteiger partial charge in [-0.15, -0.1) is 0 Å². The van der Waals surface area contributed by atoms with Crippen molar-refractivity contribution in [3.8, 4) is 0 Å². The number of benzene rings is 1. The van der Waals surface area contributed by atoms with E-state index in [2.05, 4.69) is 54.7 Å². The lowest BCUT2D eigenvalue weighted by Crippen LogP contribution is -1.88. The average Bonchev–Trinajstić information content (AvgIpc) is 2.92. The summed E-state index contributed by atoms with van der Waals surface area (Å²) in [6.07, 6.45) is 0. The molecule has 1 saturated heterocycles. The van der Waals surface area contributed by atoms with Gasteiger partial charge in [0, 0.05) is 22.5 Å². The lowest BCUT2D eigenvalue weighted by atomic mass is 10.2. The van der Waals surface area contributed by atoms with Crippen molar-refractivity contribution in [1.29, 1.82) is 0 Å². The molecule has 0 aromatic heterocycles. The van der Waals surface area contributed by atoms with E-state index in [4.69, 9.17) is 0 Å². The molecule has 0 aliphatic carbocycles. The first-order chi connectivity index (χ1) is 6.34. The molecule has 1 unspecified atom stereocenters. The first-order valence-electron chi connectivity index (χ1n) is 4.59. The van der Waals surface area contributed by atoms with Crippen LogP contribution in [0.3, 0.4) is 0 Å². The van der Waals surface area contributed by atoms with E-state index in [0.717, 1.165) is 5.25 Å². The van der Waals surface area contributed by atoms with Crippen molar-refractivity contribution in [3.63, 3.8) is 0 Å². The Bertz CT molecular complexity index is 262. The summed E-state index contributed by atoms with van der Waals surface area (Å²) in [5.41, 5.74) is 2.81. The molecule has 0 N–H and O–H groups in total. The summed E-state index contributed by atoms with van der Waals surface area (Å²) in [6, 6.07) is 8.87. The van der Waals surface area contributed by atoms with Gasteiger partial charge in [-0.25, -0.2) is 0 Å². The summed E-state index contributed by atoms with van der Waals surface area (Å²) < 4.78 is 0. The Morgan fingerprint density at radius 2 is 2.08 bits per heavy atom. The van der Waals surface area contributed by atoms with Crippen LogP contribution in [0.25, 0.3) is 0 Å². The maximum atomic E-state index is 2.24. The average molecular weight is 210 g/mol. The van der Waals surface area contributed by atoms with Crippen molar-refractivity contribution in [2.45, 2.75) is 17.9 Å². The van der Waals surface area contributed by atoms with Gasteiger partial charge in [-0.2, -0.15) is 23.5 Å². The fraction of sp³-hybridized carbons (Fsp3) is 0.455. The molecule has 1 aromatic rings. The molecule has 0 amide bonds. The van der Waals surface area contributed by atoms with E-state index >= 15 is 0 Å². The molecule has 1 aromatic carbocycles. The Morgan fingerprint density at radius 1 is 1.38 bits per heavy atom. The van der Waals surface area contributed by atoms with Gasteiger partial charge >= 0.3 is 0 Å². The molecule has 0 bridgehead atoms. The highest BCUT2D eigenvalue weighted by Gasteiger charge is 2.21. The van der Waals surface area contributed by atoms with E-state index in [0.29, 0.717) is 0 Å². The molecule has 0 radical (unpaired) electrons. The minimum atomic E-state index is 0.968. The van der Waals surface area contributed by atoms with Crippen molar-refractivity contribution in [1.82, 2.24) is 0 Å². The fourth-order valence-electron chi connectivity index (χ4n) is 1.16. The SMILES string of the molecule is Cc1ccc(CSCC2CS2)cc1. The van der Waals surface area contributed by atoms with Crippen LogP contribution in [0.15, 0.2) is 24.3 Å². The van der Waals surface area contributed by atoms with E-state index in [1.807, 2.05) is 0 Å². The van der Waals surface area contributed by atoms with Gasteiger partial charge in [-0.1, -0.05) is 29.8 Å². The standard InChI is InChI=1S/C11H14S2/c1-9-2-4-10(5-3-9)6-12-7-11-8-13-11/h2-5,11H,6-8H2,1H3. The topological polar surface area (TPSA) is 0 Å². The van der Waals surface area contributed by atoms with Gasteiger partial charge < -0.3 is 0 Å². The number of rotatable bonds is 4. The van der Waals surface area contributed by atoms with Crippen molar-refractivity contribution in [3.05, 3.63) is 35.4 Å². The number of thioether (sulfide) groups is 2. The molecule has 2 heteroatoms. The Labute approximate surface area is 88.5 Å². The highest BCUT2D eigenvalue weighted by atomic mass is 32.2. The molecular weight excluding hydrogens is 196 g/mol. The molecule has 0 spiro atoms. The van der Waals surface area contributed by atoms with Crippen LogP contribution in [0.1, 0.15) is 11.1 Å². The molecule has 1 fully saturated rings. The highest BCUT2D eigenvalue weighted by molar-refractivity contribution is 8.08. The minimum absolute atomic E-state index is 0.968. The van der Waals surface area contributed by atoms with Crippen molar-refractivity contribution >= 4 is 23.5 Å². The summed E-state index contributed by atoms with van der Waals surface area (Å²) in [6.45, 7) is 2.14. The van der Waals surface area contributed by atoms with Gasteiger partial charge in [0.05, 0.1) is 0 Å². The number of hydrogen-bond donors (Lipinski definition) is 0. The summed E-state index contributed by atoms with van der Waals surface area (Å²) in [5.74, 6) is 3.90. The Morgan fingerprint density at radius 3 is 2.69 bits per heavy atom. The fourth-order valence-corrected chi connectivity index (χ4v) is 3.16. The number of hydrogen-bond acceptors (Lipinski definition) is 2. The summed E-state index contributed by atoms with van der Waals surface area (Å²) in [5, 5.41) is 0.968. The molecule has 1 atom stereocenters. The summed E-state index contributed by atoms with van der Waals surface area (Å²) >= 11 is 4.15. The first kappa shape index (κ1) is 9.47. The summed E-state index contributed by atoms with van der Waals surface area (Å²) in [7, 11) is 0. The number of aryl methyl sites for hydroxylation is 1. The van der Waals surface area contributed by atoms with E-state index in [9.17, 15) is 0 Å². The maximum absolute atomic E-state index is 2.24. The third-order valence-electron chi connectivity index (χ3n) is 2.10. The van der Waals surface area contributed by atoms with Crippen molar-refractivity contribution in [2.24, 2.45) is 0 Å². The van der Waals surface area contributed by atoms with Gasteiger partial charge in [0.1, 0.15) is 0 Å². The Hall–Kier alpha value is -0.0800. The van der Waals surface area contributed by atoms with Crippen LogP contribution in [0.5, 0.6) is 0 Å². The quantitative estimate of drug-likeness (QED) is 0.699. The first-order valence-corrected chi connectivity index (χ1v) is 6.80. The van der Waals surface area contributed by atoms with Crippen LogP contribution in [0, 0.1) is 6.92 Å². The second kappa shape index (κ2) is 4.43. The van der Waals surface area contributed by atoms with Gasteiger partial charge in [-0.3, -0.25) is 0 Å². The van der Waals surface area contributed by atoms with E-state index < -0.39 is 0 Å². The normalized spacial score (nSPS) is 20.2. The van der Waals surface area contributed by atoms with Crippen LogP contribution < -0.4 is 0 Å². The molecule has 13 heavy (non-hydrogen) atoms. The highest BCUT2D eigenvalue weighted by Crippen LogP contribution is 2.33. The van der Waals surface area contributed by atoms with Crippen LogP contribution >= 0.6 is 23.5 Å². The van der Waals surface area contributed by atoms with E-state index in [1.54, 1.807) is 0 Å². The van der Waals surface area contributed by atoms with Crippen LogP contribution in [-0.4, -0.2) is 16.8 Å².